The standard InChI is InChI=1S/C16H17NO5/c1-10-13(16(19)20)8-12(22-10)9-17-15(18)7-11-5-3-4-6-14(11)21-2/h3-6,8H,7,9H2,1-2H3,(H,17,18)(H,19,20). The summed E-state index contributed by atoms with van der Waals surface area (Å²) in [5, 5.41) is 11.6. The van der Waals surface area contributed by atoms with Gasteiger partial charge in [-0.2, -0.15) is 0 Å². The quantitative estimate of drug-likeness (QED) is 0.853. The topological polar surface area (TPSA) is 88.8 Å². The highest BCUT2D eigenvalue weighted by Crippen LogP contribution is 2.18. The molecule has 0 radical (unpaired) electrons. The van der Waals surface area contributed by atoms with E-state index in [0.717, 1.165) is 5.56 Å². The molecule has 2 rings (SSSR count). The highest BCUT2D eigenvalue weighted by atomic mass is 16.5. The summed E-state index contributed by atoms with van der Waals surface area (Å²) >= 11 is 0. The Hall–Kier alpha value is -2.76. The second-order valence-electron chi connectivity index (χ2n) is 4.75. The number of carbonyl (C=O) groups is 2. The van der Waals surface area contributed by atoms with E-state index in [2.05, 4.69) is 5.32 Å². The van der Waals surface area contributed by atoms with Crippen molar-refractivity contribution in [3.8, 4) is 5.75 Å². The number of aromatic carboxylic acids is 1. The summed E-state index contributed by atoms with van der Waals surface area (Å²) in [6.45, 7) is 1.71. The van der Waals surface area contributed by atoms with E-state index in [1.807, 2.05) is 18.2 Å². The van der Waals surface area contributed by atoms with Crippen molar-refractivity contribution in [2.75, 3.05) is 7.11 Å². The zero-order valence-electron chi connectivity index (χ0n) is 12.4. The molecule has 22 heavy (non-hydrogen) atoms. The Morgan fingerprint density at radius 1 is 1.32 bits per heavy atom. The normalized spacial score (nSPS) is 10.3. The van der Waals surface area contributed by atoms with E-state index in [4.69, 9.17) is 14.3 Å². The highest BCUT2D eigenvalue weighted by Gasteiger charge is 2.14. The first kappa shape index (κ1) is 15.6. The number of amides is 1. The minimum absolute atomic E-state index is 0.106. The SMILES string of the molecule is COc1ccccc1CC(=O)NCc1cc(C(=O)O)c(C)o1. The van der Waals surface area contributed by atoms with Crippen LogP contribution in [0.1, 0.15) is 27.4 Å². The van der Waals surface area contributed by atoms with Crippen molar-refractivity contribution in [3.63, 3.8) is 0 Å². The zero-order chi connectivity index (χ0) is 16.1. The summed E-state index contributed by atoms with van der Waals surface area (Å²) in [6, 6.07) is 8.69. The van der Waals surface area contributed by atoms with Gasteiger partial charge in [0, 0.05) is 5.56 Å². The maximum absolute atomic E-state index is 12.0. The first-order valence-corrected chi connectivity index (χ1v) is 6.72. The number of furan rings is 1. The predicted octanol–water partition coefficient (Wildman–Crippen LogP) is 2.15. The summed E-state index contributed by atoms with van der Waals surface area (Å²) in [7, 11) is 1.55. The molecule has 116 valence electrons. The number of benzene rings is 1. The molecule has 6 heteroatoms. The summed E-state index contributed by atoms with van der Waals surface area (Å²) in [6.07, 6.45) is 0.176. The molecule has 2 aromatic rings. The minimum atomic E-state index is -1.05. The Morgan fingerprint density at radius 2 is 2.05 bits per heavy atom. The van der Waals surface area contributed by atoms with Gasteiger partial charge in [0.05, 0.1) is 20.1 Å². The van der Waals surface area contributed by atoms with Crippen LogP contribution in [0.3, 0.4) is 0 Å². The van der Waals surface area contributed by atoms with Crippen molar-refractivity contribution in [3.05, 3.63) is 53.0 Å². The van der Waals surface area contributed by atoms with Crippen molar-refractivity contribution in [2.24, 2.45) is 0 Å². The van der Waals surface area contributed by atoms with E-state index in [1.165, 1.54) is 6.07 Å². The van der Waals surface area contributed by atoms with Gasteiger partial charge in [0.1, 0.15) is 22.8 Å². The molecule has 0 bridgehead atoms. The van der Waals surface area contributed by atoms with Gasteiger partial charge in [-0.25, -0.2) is 4.79 Å². The van der Waals surface area contributed by atoms with Gasteiger partial charge in [0.2, 0.25) is 5.91 Å². The lowest BCUT2D eigenvalue weighted by Crippen LogP contribution is -2.24. The van der Waals surface area contributed by atoms with E-state index in [-0.39, 0.29) is 24.4 Å². The number of rotatable bonds is 6. The number of methoxy groups -OCH3 is 1. The third kappa shape index (κ3) is 3.66. The molecule has 0 unspecified atom stereocenters. The molecule has 0 aliphatic rings. The molecule has 0 aliphatic heterocycles. The maximum Gasteiger partial charge on any atom is 0.339 e. The first-order chi connectivity index (χ1) is 10.5. The van der Waals surface area contributed by atoms with Crippen LogP contribution in [0.2, 0.25) is 0 Å². The van der Waals surface area contributed by atoms with Crippen LogP contribution in [0.5, 0.6) is 5.75 Å². The Morgan fingerprint density at radius 3 is 2.68 bits per heavy atom. The fraction of sp³-hybridized carbons (Fsp3) is 0.250. The Bertz CT molecular complexity index is 690. The van der Waals surface area contributed by atoms with E-state index < -0.39 is 5.97 Å². The van der Waals surface area contributed by atoms with Crippen LogP contribution < -0.4 is 10.1 Å². The zero-order valence-corrected chi connectivity index (χ0v) is 12.4. The Kier molecular flexibility index (Phi) is 4.83. The fourth-order valence-electron chi connectivity index (χ4n) is 2.11. The van der Waals surface area contributed by atoms with Gasteiger partial charge in [0.15, 0.2) is 0 Å². The summed E-state index contributed by atoms with van der Waals surface area (Å²) < 4.78 is 10.5. The van der Waals surface area contributed by atoms with Crippen LogP contribution in [-0.2, 0) is 17.8 Å². The molecule has 0 spiro atoms. The molecular formula is C16H17NO5. The molecule has 1 heterocycles. The van der Waals surface area contributed by atoms with E-state index >= 15 is 0 Å². The first-order valence-electron chi connectivity index (χ1n) is 6.72. The van der Waals surface area contributed by atoms with Gasteiger partial charge in [0.25, 0.3) is 0 Å². The smallest absolute Gasteiger partial charge is 0.339 e. The van der Waals surface area contributed by atoms with Crippen molar-refractivity contribution in [2.45, 2.75) is 19.9 Å². The third-order valence-corrected chi connectivity index (χ3v) is 3.20. The lowest BCUT2D eigenvalue weighted by Gasteiger charge is -2.08. The predicted molar refractivity (Wildman–Crippen MR) is 78.9 cm³/mol. The number of carbonyl (C=O) groups excluding carboxylic acids is 1. The molecule has 1 aromatic heterocycles. The summed E-state index contributed by atoms with van der Waals surface area (Å²) in [5.41, 5.74) is 0.887. The lowest BCUT2D eigenvalue weighted by molar-refractivity contribution is -0.120. The largest absolute Gasteiger partial charge is 0.496 e. The number of nitrogens with one attached hydrogen (secondary N) is 1. The van der Waals surface area contributed by atoms with Crippen LogP contribution in [0, 0.1) is 6.92 Å². The van der Waals surface area contributed by atoms with Crippen LogP contribution in [0.4, 0.5) is 0 Å². The molecule has 0 saturated carbocycles. The Labute approximate surface area is 127 Å². The molecule has 1 amide bonds. The van der Waals surface area contributed by atoms with Gasteiger partial charge < -0.3 is 19.6 Å². The molecule has 6 nitrogen and oxygen atoms in total. The summed E-state index contributed by atoms with van der Waals surface area (Å²) in [4.78, 5) is 22.9. The Balaban J connectivity index is 1.95. The third-order valence-electron chi connectivity index (χ3n) is 3.20. The van der Waals surface area contributed by atoms with Gasteiger partial charge in [-0.05, 0) is 19.1 Å². The van der Waals surface area contributed by atoms with Gasteiger partial charge >= 0.3 is 5.97 Å². The average Bonchev–Trinajstić information content (AvgIpc) is 2.87. The molecule has 0 fully saturated rings. The average molecular weight is 303 g/mol. The number of hydrogen-bond acceptors (Lipinski definition) is 4. The van der Waals surface area contributed by atoms with Crippen LogP contribution in [0.15, 0.2) is 34.7 Å². The number of ether oxygens (including phenoxy) is 1. The number of carboxylic acid groups (broad SMARTS) is 1. The monoisotopic (exact) mass is 303 g/mol. The van der Waals surface area contributed by atoms with Gasteiger partial charge in [-0.1, -0.05) is 18.2 Å². The second-order valence-corrected chi connectivity index (χ2v) is 4.75. The van der Waals surface area contributed by atoms with Gasteiger partial charge in [-0.15, -0.1) is 0 Å². The fourth-order valence-corrected chi connectivity index (χ4v) is 2.11. The molecular weight excluding hydrogens is 286 g/mol. The highest BCUT2D eigenvalue weighted by molar-refractivity contribution is 5.88. The number of para-hydroxylation sites is 1. The molecule has 0 saturated heterocycles. The lowest BCUT2D eigenvalue weighted by atomic mass is 10.1. The molecule has 1 aromatic carbocycles. The molecule has 0 aliphatic carbocycles. The van der Waals surface area contributed by atoms with E-state index in [0.29, 0.717) is 17.3 Å². The van der Waals surface area contributed by atoms with Crippen LogP contribution in [-0.4, -0.2) is 24.1 Å². The van der Waals surface area contributed by atoms with Crippen molar-refractivity contribution in [1.82, 2.24) is 5.32 Å². The van der Waals surface area contributed by atoms with Crippen molar-refractivity contribution in [1.29, 1.82) is 0 Å². The second kappa shape index (κ2) is 6.80. The van der Waals surface area contributed by atoms with Crippen LogP contribution >= 0.6 is 0 Å². The summed E-state index contributed by atoms with van der Waals surface area (Å²) in [5.74, 6) is 0.132. The number of carboxylic acids is 1. The van der Waals surface area contributed by atoms with Crippen LogP contribution in [0.25, 0.3) is 0 Å². The number of aryl methyl sites for hydroxylation is 1. The van der Waals surface area contributed by atoms with E-state index in [9.17, 15) is 9.59 Å². The van der Waals surface area contributed by atoms with E-state index in [1.54, 1.807) is 20.1 Å². The maximum atomic E-state index is 12.0. The molecule has 2 N–H and O–H groups in total. The minimum Gasteiger partial charge on any atom is -0.496 e. The van der Waals surface area contributed by atoms with Gasteiger partial charge in [-0.3, -0.25) is 4.79 Å². The molecule has 0 atom stereocenters. The van der Waals surface area contributed by atoms with Crippen molar-refractivity contribution >= 4 is 11.9 Å². The van der Waals surface area contributed by atoms with Crippen molar-refractivity contribution < 1.29 is 23.8 Å². The number of hydrogen-bond donors (Lipinski definition) is 2.